The quantitative estimate of drug-likeness (QED) is 0.266. The molecule has 0 radical (unpaired) electrons. The number of ether oxygens (including phenoxy) is 3. The van der Waals surface area contributed by atoms with Crippen LogP contribution in [0, 0.1) is 12.3 Å². The molecular formula is C31H36N2O7. The van der Waals surface area contributed by atoms with Gasteiger partial charge < -0.3 is 29.5 Å². The molecule has 0 unspecified atom stereocenters. The van der Waals surface area contributed by atoms with Crippen molar-refractivity contribution in [1.29, 1.82) is 0 Å². The molecule has 1 saturated heterocycles. The molecule has 9 heteroatoms. The lowest BCUT2D eigenvalue weighted by atomic mass is 9.98. The fourth-order valence-electron chi connectivity index (χ4n) is 4.75. The summed E-state index contributed by atoms with van der Waals surface area (Å²) in [4.78, 5) is 37.0. The molecule has 1 aliphatic heterocycles. The number of nitrogens with one attached hydrogen (secondary N) is 1. The SMILES string of the molecule is C#CCO[C@H](C)[C@H](NC(=O)OCC=C)C(=O)N1CCCC1.O=C(CO)OCC1c2ccccc2-c2ccccc21. The molecule has 0 spiro atoms. The number of nitrogens with zero attached hydrogens (tertiary/aromatic N) is 1. The number of carbonyl (C=O) groups is 3. The van der Waals surface area contributed by atoms with E-state index >= 15 is 0 Å². The van der Waals surface area contributed by atoms with Crippen LogP contribution < -0.4 is 5.32 Å². The molecule has 2 aromatic rings. The molecule has 40 heavy (non-hydrogen) atoms. The van der Waals surface area contributed by atoms with Crippen LogP contribution >= 0.6 is 0 Å². The Morgan fingerprint density at radius 3 is 2.25 bits per heavy atom. The van der Waals surface area contributed by atoms with Crippen LogP contribution in [0.15, 0.2) is 61.2 Å². The van der Waals surface area contributed by atoms with Gasteiger partial charge in [-0.3, -0.25) is 4.79 Å². The van der Waals surface area contributed by atoms with Crippen molar-refractivity contribution in [1.82, 2.24) is 10.2 Å². The molecule has 9 nitrogen and oxygen atoms in total. The van der Waals surface area contributed by atoms with Gasteiger partial charge in [0.2, 0.25) is 5.91 Å². The van der Waals surface area contributed by atoms with E-state index in [0.717, 1.165) is 12.8 Å². The highest BCUT2D eigenvalue weighted by Gasteiger charge is 2.33. The van der Waals surface area contributed by atoms with E-state index in [2.05, 4.69) is 42.1 Å². The van der Waals surface area contributed by atoms with E-state index in [1.807, 2.05) is 24.3 Å². The molecule has 2 amide bonds. The second-order valence-electron chi connectivity index (χ2n) is 9.33. The average Bonchev–Trinajstić information content (AvgIpc) is 3.63. The van der Waals surface area contributed by atoms with Crippen LogP contribution in [0.5, 0.6) is 0 Å². The lowest BCUT2D eigenvalue weighted by Gasteiger charge is -2.27. The fraction of sp³-hybridized carbons (Fsp3) is 0.387. The number of aliphatic hydroxyl groups excluding tert-OH is 1. The van der Waals surface area contributed by atoms with E-state index in [1.54, 1.807) is 11.8 Å². The Hall–Kier alpha value is -4.13. The number of benzene rings is 2. The van der Waals surface area contributed by atoms with Crippen LogP contribution in [0.25, 0.3) is 11.1 Å². The number of terminal acetylenes is 1. The van der Waals surface area contributed by atoms with Gasteiger partial charge >= 0.3 is 12.1 Å². The number of aliphatic hydroxyl groups is 1. The molecule has 2 atom stereocenters. The van der Waals surface area contributed by atoms with Gasteiger partial charge in [0.05, 0.1) is 6.10 Å². The third-order valence-electron chi connectivity index (χ3n) is 6.69. The molecule has 0 saturated carbocycles. The van der Waals surface area contributed by atoms with Crippen LogP contribution in [0.1, 0.15) is 36.8 Å². The number of amides is 2. The van der Waals surface area contributed by atoms with E-state index < -0.39 is 30.8 Å². The maximum absolute atomic E-state index is 12.5. The summed E-state index contributed by atoms with van der Waals surface area (Å²) in [5.74, 6) is 1.65. The topological polar surface area (TPSA) is 114 Å². The minimum absolute atomic E-state index is 0.0582. The van der Waals surface area contributed by atoms with Crippen molar-refractivity contribution in [3.05, 3.63) is 72.3 Å². The number of esters is 1. The van der Waals surface area contributed by atoms with E-state index in [9.17, 15) is 14.4 Å². The third kappa shape index (κ3) is 7.94. The van der Waals surface area contributed by atoms with Crippen LogP contribution in [0.2, 0.25) is 0 Å². The van der Waals surface area contributed by atoms with Gasteiger partial charge in [-0.05, 0) is 42.0 Å². The zero-order valence-electron chi connectivity index (χ0n) is 22.7. The molecule has 0 bridgehead atoms. The van der Waals surface area contributed by atoms with E-state index in [1.165, 1.54) is 28.3 Å². The van der Waals surface area contributed by atoms with Crippen molar-refractivity contribution in [2.45, 2.75) is 37.8 Å². The highest BCUT2D eigenvalue weighted by Crippen LogP contribution is 2.44. The molecule has 212 valence electrons. The van der Waals surface area contributed by atoms with Crippen molar-refractivity contribution >= 4 is 18.0 Å². The maximum Gasteiger partial charge on any atom is 0.408 e. The first kappa shape index (κ1) is 30.4. The molecule has 1 fully saturated rings. The highest BCUT2D eigenvalue weighted by atomic mass is 16.6. The van der Waals surface area contributed by atoms with Gasteiger partial charge in [-0.15, -0.1) is 6.42 Å². The second-order valence-corrected chi connectivity index (χ2v) is 9.33. The molecule has 2 aromatic carbocycles. The first-order chi connectivity index (χ1) is 19.4. The van der Waals surface area contributed by atoms with Gasteiger partial charge in [-0.1, -0.05) is 67.1 Å². The predicted octanol–water partition coefficient (Wildman–Crippen LogP) is 3.26. The maximum atomic E-state index is 12.5. The molecule has 1 aliphatic carbocycles. The fourth-order valence-corrected chi connectivity index (χ4v) is 4.75. The van der Waals surface area contributed by atoms with Gasteiger partial charge in [0.25, 0.3) is 0 Å². The van der Waals surface area contributed by atoms with E-state index in [-0.39, 0.29) is 31.6 Å². The second kappa shape index (κ2) is 15.5. The average molecular weight is 549 g/mol. The first-order valence-electron chi connectivity index (χ1n) is 13.2. The normalized spacial score (nSPS) is 14.9. The molecule has 1 heterocycles. The summed E-state index contributed by atoms with van der Waals surface area (Å²) in [6.45, 7) is 6.40. The number of likely N-dealkylation sites (tertiary alicyclic amines) is 1. The summed E-state index contributed by atoms with van der Waals surface area (Å²) in [6.07, 6.45) is 7.33. The number of alkyl carbamates (subject to hydrolysis) is 1. The molecule has 2 aliphatic rings. The molecule has 0 aromatic heterocycles. The zero-order chi connectivity index (χ0) is 28.9. The Labute approximate surface area is 235 Å². The van der Waals surface area contributed by atoms with Crippen molar-refractivity contribution in [3.63, 3.8) is 0 Å². The highest BCUT2D eigenvalue weighted by molar-refractivity contribution is 5.86. The number of hydrogen-bond acceptors (Lipinski definition) is 7. The van der Waals surface area contributed by atoms with E-state index in [4.69, 9.17) is 25.7 Å². The van der Waals surface area contributed by atoms with Gasteiger partial charge in [0.1, 0.15) is 32.5 Å². The molecular weight excluding hydrogens is 512 g/mol. The minimum atomic E-state index is -0.811. The van der Waals surface area contributed by atoms with Crippen LogP contribution in [0.4, 0.5) is 4.79 Å². The lowest BCUT2D eigenvalue weighted by molar-refractivity contribution is -0.147. The van der Waals surface area contributed by atoms with Crippen molar-refractivity contribution in [2.75, 3.05) is 39.5 Å². The Morgan fingerprint density at radius 2 is 1.70 bits per heavy atom. The van der Waals surface area contributed by atoms with Crippen molar-refractivity contribution in [3.8, 4) is 23.5 Å². The number of hydrogen-bond donors (Lipinski definition) is 2. The Bertz CT molecular complexity index is 1170. The molecule has 2 N–H and O–H groups in total. The summed E-state index contributed by atoms with van der Waals surface area (Å²) in [7, 11) is 0. The van der Waals surface area contributed by atoms with Crippen LogP contribution in [-0.2, 0) is 23.8 Å². The van der Waals surface area contributed by atoms with Gasteiger partial charge in [0, 0.05) is 19.0 Å². The Morgan fingerprint density at radius 1 is 1.10 bits per heavy atom. The largest absolute Gasteiger partial charge is 0.463 e. The van der Waals surface area contributed by atoms with Crippen molar-refractivity contribution in [2.24, 2.45) is 0 Å². The summed E-state index contributed by atoms with van der Waals surface area (Å²) in [5, 5.41) is 11.3. The summed E-state index contributed by atoms with van der Waals surface area (Å²) in [6, 6.07) is 15.5. The van der Waals surface area contributed by atoms with Gasteiger partial charge in [-0.25, -0.2) is 9.59 Å². The summed E-state index contributed by atoms with van der Waals surface area (Å²) >= 11 is 0. The monoisotopic (exact) mass is 548 g/mol. The van der Waals surface area contributed by atoms with Crippen LogP contribution in [-0.4, -0.2) is 79.6 Å². The zero-order valence-corrected chi connectivity index (χ0v) is 22.7. The first-order valence-corrected chi connectivity index (χ1v) is 13.2. The van der Waals surface area contributed by atoms with Crippen molar-refractivity contribution < 1.29 is 33.7 Å². The third-order valence-corrected chi connectivity index (χ3v) is 6.69. The number of fused-ring (bicyclic) bond motifs is 3. The summed E-state index contributed by atoms with van der Waals surface area (Å²) < 4.78 is 15.3. The van der Waals surface area contributed by atoms with Crippen LogP contribution in [0.3, 0.4) is 0 Å². The van der Waals surface area contributed by atoms with Gasteiger partial charge in [0.15, 0.2) is 0 Å². The molecule has 4 rings (SSSR count). The number of carbonyl (C=O) groups excluding carboxylic acids is 3. The summed E-state index contributed by atoms with van der Waals surface area (Å²) in [5.41, 5.74) is 4.75. The lowest BCUT2D eigenvalue weighted by Crippen LogP contribution is -2.54. The Kier molecular flexibility index (Phi) is 11.8. The van der Waals surface area contributed by atoms with E-state index in [0.29, 0.717) is 13.1 Å². The van der Waals surface area contributed by atoms with Gasteiger partial charge in [-0.2, -0.15) is 0 Å². The predicted molar refractivity (Wildman–Crippen MR) is 150 cm³/mol. The standard InChI is InChI=1S/C16H14O3.C15H22N2O4/c17-9-16(18)19-10-15-13-7-3-1-5-11(13)12-6-2-4-8-14(12)15;1-4-10-20-12(3)13(16-15(19)21-11-5-2)14(18)17-8-6-7-9-17/h1-8,15,17H,9-10H2;1,5,12-13H,2,6-11H2,3H3,(H,16,19)/t;12-,13+/m.1/s1. The smallest absolute Gasteiger partial charge is 0.408 e. The Balaban J connectivity index is 0.000000221. The minimum Gasteiger partial charge on any atom is -0.463 e. The number of rotatable bonds is 10.